The third kappa shape index (κ3) is 3.90. The maximum Gasteiger partial charge on any atom is 0.337 e. The lowest BCUT2D eigenvalue weighted by Crippen LogP contribution is -2.11. The summed E-state index contributed by atoms with van der Waals surface area (Å²) in [7, 11) is 0. The molecule has 1 amide bonds. The summed E-state index contributed by atoms with van der Waals surface area (Å²) in [6, 6.07) is 16.1. The van der Waals surface area contributed by atoms with E-state index in [0.29, 0.717) is 0 Å². The van der Waals surface area contributed by atoms with E-state index in [2.05, 4.69) is 5.32 Å². The number of fused-ring (bicyclic) bond motifs is 1. The van der Waals surface area contributed by atoms with Gasteiger partial charge in [-0.25, -0.2) is 9.18 Å². The molecule has 0 aliphatic carbocycles. The van der Waals surface area contributed by atoms with Gasteiger partial charge in [-0.05, 0) is 52.7 Å². The van der Waals surface area contributed by atoms with Crippen LogP contribution in [0.2, 0.25) is 0 Å². The Hall–Kier alpha value is -3.47. The third-order valence-corrected chi connectivity index (χ3v) is 3.67. The molecule has 0 aliphatic rings. The first-order valence-electron chi connectivity index (χ1n) is 7.53. The van der Waals surface area contributed by atoms with Gasteiger partial charge in [0.15, 0.2) is 0 Å². The molecule has 0 bridgehead atoms. The molecule has 0 aromatic heterocycles. The van der Waals surface area contributed by atoms with Crippen LogP contribution in [0.3, 0.4) is 0 Å². The van der Waals surface area contributed by atoms with Crippen molar-refractivity contribution in [3.8, 4) is 0 Å². The van der Waals surface area contributed by atoms with E-state index in [9.17, 15) is 14.0 Å². The minimum Gasteiger partial charge on any atom is -0.478 e. The number of nitrogens with one attached hydrogen (secondary N) is 1. The van der Waals surface area contributed by atoms with Crippen molar-refractivity contribution in [2.45, 2.75) is 0 Å². The van der Waals surface area contributed by atoms with Crippen molar-refractivity contribution in [1.29, 1.82) is 0 Å². The fourth-order valence-corrected chi connectivity index (χ4v) is 2.46. The van der Waals surface area contributed by atoms with Gasteiger partial charge in [0.2, 0.25) is 5.91 Å². The van der Waals surface area contributed by atoms with Crippen LogP contribution < -0.4 is 5.32 Å². The third-order valence-electron chi connectivity index (χ3n) is 3.67. The molecular weight excluding hydrogens is 321 g/mol. The van der Waals surface area contributed by atoms with Crippen molar-refractivity contribution in [2.24, 2.45) is 0 Å². The van der Waals surface area contributed by atoms with E-state index in [-0.39, 0.29) is 17.1 Å². The first-order chi connectivity index (χ1) is 12.0. The lowest BCUT2D eigenvalue weighted by molar-refractivity contribution is -0.111. The highest BCUT2D eigenvalue weighted by molar-refractivity contribution is 6.06. The van der Waals surface area contributed by atoms with E-state index in [1.54, 1.807) is 36.4 Å². The molecule has 0 saturated carbocycles. The first kappa shape index (κ1) is 16.4. The number of carbonyl (C=O) groups excluding carboxylic acids is 1. The lowest BCUT2D eigenvalue weighted by Gasteiger charge is -2.06. The molecule has 3 aromatic carbocycles. The van der Waals surface area contributed by atoms with Gasteiger partial charge < -0.3 is 10.4 Å². The Bertz CT molecular complexity index is 995. The zero-order valence-electron chi connectivity index (χ0n) is 13.1. The monoisotopic (exact) mass is 335 g/mol. The molecule has 0 atom stereocenters. The highest BCUT2D eigenvalue weighted by Crippen LogP contribution is 2.19. The van der Waals surface area contributed by atoms with E-state index in [4.69, 9.17) is 5.11 Å². The van der Waals surface area contributed by atoms with Crippen LogP contribution in [0.15, 0.2) is 66.7 Å². The maximum atomic E-state index is 13.2. The number of anilines is 1. The number of hydrogen-bond donors (Lipinski definition) is 2. The number of carbonyl (C=O) groups is 2. The second-order valence-electron chi connectivity index (χ2n) is 5.42. The molecular formula is C20H14FNO3. The molecule has 0 aliphatic heterocycles. The van der Waals surface area contributed by atoms with Crippen molar-refractivity contribution in [3.05, 3.63) is 83.7 Å². The van der Waals surface area contributed by atoms with Gasteiger partial charge in [0, 0.05) is 6.08 Å². The first-order valence-corrected chi connectivity index (χ1v) is 7.53. The molecule has 3 aromatic rings. The lowest BCUT2D eigenvalue weighted by atomic mass is 10.1. The number of rotatable bonds is 4. The molecule has 5 heteroatoms. The maximum absolute atomic E-state index is 13.2. The Balaban J connectivity index is 1.77. The summed E-state index contributed by atoms with van der Waals surface area (Å²) in [4.78, 5) is 23.2. The van der Waals surface area contributed by atoms with E-state index >= 15 is 0 Å². The summed E-state index contributed by atoms with van der Waals surface area (Å²) in [6.45, 7) is 0. The molecule has 124 valence electrons. The average molecular weight is 335 g/mol. The van der Waals surface area contributed by atoms with Gasteiger partial charge in [-0.1, -0.05) is 30.3 Å². The predicted molar refractivity (Wildman–Crippen MR) is 95.0 cm³/mol. The fraction of sp³-hybridized carbons (Fsp3) is 0. The average Bonchev–Trinajstić information content (AvgIpc) is 2.60. The van der Waals surface area contributed by atoms with Gasteiger partial charge in [0.05, 0.1) is 11.3 Å². The van der Waals surface area contributed by atoms with E-state index in [0.717, 1.165) is 16.3 Å². The molecule has 3 rings (SSSR count). The molecule has 0 radical (unpaired) electrons. The van der Waals surface area contributed by atoms with Gasteiger partial charge in [-0.2, -0.15) is 0 Å². The van der Waals surface area contributed by atoms with Crippen molar-refractivity contribution in [1.82, 2.24) is 0 Å². The summed E-state index contributed by atoms with van der Waals surface area (Å²) in [5.74, 6) is -1.85. The van der Waals surface area contributed by atoms with Gasteiger partial charge >= 0.3 is 5.97 Å². The Labute approximate surface area is 143 Å². The second kappa shape index (κ2) is 6.97. The SMILES string of the molecule is O=C(C=Cc1ccc2cc(F)ccc2c1)Nc1ccccc1C(=O)O. The van der Waals surface area contributed by atoms with Crippen LogP contribution in [0.4, 0.5) is 10.1 Å². The number of para-hydroxylation sites is 1. The van der Waals surface area contributed by atoms with E-state index < -0.39 is 11.9 Å². The summed E-state index contributed by atoms with van der Waals surface area (Å²) in [6.07, 6.45) is 2.94. The van der Waals surface area contributed by atoms with Gasteiger partial charge in [0.25, 0.3) is 0 Å². The molecule has 0 heterocycles. The van der Waals surface area contributed by atoms with Crippen molar-refractivity contribution in [3.63, 3.8) is 0 Å². The van der Waals surface area contributed by atoms with Gasteiger partial charge in [0.1, 0.15) is 5.82 Å². The largest absolute Gasteiger partial charge is 0.478 e. The van der Waals surface area contributed by atoms with E-state index in [1.807, 2.05) is 6.07 Å². The van der Waals surface area contributed by atoms with Crippen molar-refractivity contribution in [2.75, 3.05) is 5.32 Å². The molecule has 0 saturated heterocycles. The Morgan fingerprint density at radius 1 is 0.960 bits per heavy atom. The van der Waals surface area contributed by atoms with Gasteiger partial charge in [-0.3, -0.25) is 4.79 Å². The Morgan fingerprint density at radius 3 is 2.48 bits per heavy atom. The van der Waals surface area contributed by atoms with Crippen molar-refractivity contribution < 1.29 is 19.1 Å². The Morgan fingerprint density at radius 2 is 1.68 bits per heavy atom. The van der Waals surface area contributed by atoms with Gasteiger partial charge in [-0.15, -0.1) is 0 Å². The number of hydrogen-bond acceptors (Lipinski definition) is 2. The molecule has 0 spiro atoms. The number of carboxylic acid groups (broad SMARTS) is 1. The van der Waals surface area contributed by atoms with Crippen LogP contribution >= 0.6 is 0 Å². The van der Waals surface area contributed by atoms with Crippen LogP contribution in [0.1, 0.15) is 15.9 Å². The van der Waals surface area contributed by atoms with Crippen molar-refractivity contribution >= 4 is 34.4 Å². The number of amides is 1. The van der Waals surface area contributed by atoms with Crippen LogP contribution in [-0.2, 0) is 4.79 Å². The normalized spacial score (nSPS) is 10.9. The molecule has 2 N–H and O–H groups in total. The standard InChI is InChI=1S/C20H14FNO3/c21-16-9-8-14-11-13(5-7-15(14)12-16)6-10-19(23)22-18-4-2-1-3-17(18)20(24)25/h1-12H,(H,22,23)(H,24,25). The topological polar surface area (TPSA) is 66.4 Å². The number of halogens is 1. The summed E-state index contributed by atoms with van der Waals surface area (Å²) < 4.78 is 13.2. The molecule has 25 heavy (non-hydrogen) atoms. The van der Waals surface area contributed by atoms with E-state index in [1.165, 1.54) is 30.3 Å². The zero-order chi connectivity index (χ0) is 17.8. The smallest absolute Gasteiger partial charge is 0.337 e. The summed E-state index contributed by atoms with van der Waals surface area (Å²) >= 11 is 0. The number of benzene rings is 3. The van der Waals surface area contributed by atoms with Crippen LogP contribution in [0, 0.1) is 5.82 Å². The summed E-state index contributed by atoms with van der Waals surface area (Å²) in [5, 5.41) is 13.3. The fourth-order valence-electron chi connectivity index (χ4n) is 2.46. The number of carboxylic acids is 1. The van der Waals surface area contributed by atoms with Crippen LogP contribution in [0.5, 0.6) is 0 Å². The Kier molecular flexibility index (Phi) is 4.57. The quantitative estimate of drug-likeness (QED) is 0.698. The molecule has 4 nitrogen and oxygen atoms in total. The number of aromatic carboxylic acids is 1. The summed E-state index contributed by atoms with van der Waals surface area (Å²) in [5.41, 5.74) is 1.04. The second-order valence-corrected chi connectivity index (χ2v) is 5.42. The predicted octanol–water partition coefficient (Wildman–Crippen LogP) is 4.33. The minimum absolute atomic E-state index is 0.0250. The van der Waals surface area contributed by atoms with Crippen LogP contribution in [-0.4, -0.2) is 17.0 Å². The zero-order valence-corrected chi connectivity index (χ0v) is 13.1. The molecule has 0 unspecified atom stereocenters. The van der Waals surface area contributed by atoms with Crippen LogP contribution in [0.25, 0.3) is 16.8 Å². The highest BCUT2D eigenvalue weighted by atomic mass is 19.1. The minimum atomic E-state index is -1.11. The molecule has 0 fully saturated rings. The highest BCUT2D eigenvalue weighted by Gasteiger charge is 2.10.